The van der Waals surface area contributed by atoms with Crippen molar-refractivity contribution in [2.24, 2.45) is 0 Å². The SMILES string of the molecule is CC1CC=Cc2c1c1ccc3c(c4ccccc4n3-c3ccc(-n4c5ccccc5c5ccc6c7ccccc7n(-c7ccccc7)c6c54)cc3)c1n2-c1ccccc1. The van der Waals surface area contributed by atoms with E-state index < -0.39 is 0 Å². The quantitative estimate of drug-likeness (QED) is 0.170. The first kappa shape index (κ1) is 32.5. The lowest BCUT2D eigenvalue weighted by Crippen LogP contribution is -2.02. The number of nitrogens with zero attached hydrogens (tertiary/aromatic N) is 4. The molecule has 1 atom stereocenters. The molecule has 4 heteroatoms. The van der Waals surface area contributed by atoms with Gasteiger partial charge < -0.3 is 18.3 Å². The molecule has 4 nitrogen and oxygen atoms in total. The summed E-state index contributed by atoms with van der Waals surface area (Å²) in [5.74, 6) is 0.442. The fourth-order valence-corrected chi connectivity index (χ4v) is 10.5. The monoisotopic (exact) mass is 754 g/mol. The Morgan fingerprint density at radius 2 is 0.814 bits per heavy atom. The third kappa shape index (κ3) is 4.43. The third-order valence-corrected chi connectivity index (χ3v) is 13.0. The minimum atomic E-state index is 0.442. The van der Waals surface area contributed by atoms with E-state index in [1.165, 1.54) is 93.3 Å². The van der Waals surface area contributed by atoms with Crippen LogP contribution in [0.3, 0.4) is 0 Å². The number of fused-ring (bicyclic) bond motifs is 14. The maximum absolute atomic E-state index is 2.51. The van der Waals surface area contributed by atoms with Crippen LogP contribution in [0.1, 0.15) is 30.5 Å². The van der Waals surface area contributed by atoms with Crippen LogP contribution in [0.5, 0.6) is 0 Å². The molecule has 278 valence electrons. The molecule has 1 aliphatic carbocycles. The van der Waals surface area contributed by atoms with Crippen LogP contribution in [0.15, 0.2) is 188 Å². The van der Waals surface area contributed by atoms with Gasteiger partial charge in [0.25, 0.3) is 0 Å². The van der Waals surface area contributed by atoms with E-state index in [-0.39, 0.29) is 0 Å². The number of hydrogen-bond donors (Lipinski definition) is 0. The van der Waals surface area contributed by atoms with Gasteiger partial charge in [0.2, 0.25) is 0 Å². The molecule has 12 aromatic rings. The minimum absolute atomic E-state index is 0.442. The molecule has 4 aromatic heterocycles. The van der Waals surface area contributed by atoms with Crippen molar-refractivity contribution in [3.63, 3.8) is 0 Å². The highest BCUT2D eigenvalue weighted by atomic mass is 15.1. The highest BCUT2D eigenvalue weighted by molar-refractivity contribution is 6.24. The number of rotatable bonds is 4. The molecule has 4 heterocycles. The van der Waals surface area contributed by atoms with Gasteiger partial charge >= 0.3 is 0 Å². The van der Waals surface area contributed by atoms with Crippen LogP contribution >= 0.6 is 0 Å². The molecule has 0 amide bonds. The van der Waals surface area contributed by atoms with Crippen molar-refractivity contribution in [1.29, 1.82) is 0 Å². The second kappa shape index (κ2) is 12.2. The number of benzene rings is 8. The molecule has 0 bridgehead atoms. The van der Waals surface area contributed by atoms with Crippen molar-refractivity contribution in [1.82, 2.24) is 18.3 Å². The van der Waals surface area contributed by atoms with E-state index in [1.54, 1.807) is 0 Å². The fraction of sp³-hybridized carbons (Fsp3) is 0.0545. The standard InChI is InChI=1S/C55H38N4/c1-35-15-14-26-49-51(35)45-33-34-50-52(53(45)59(49)37-18-6-3-7-19-37)44-22-10-13-25-48(44)56(50)38-27-29-39(30-28-38)58-47-24-12-9-21-41(47)43-32-31-42-40-20-8-11-23-46(40)57(54(42)55(43)58)36-16-4-2-5-17-36/h2-14,16-35H,15H2,1H3. The van der Waals surface area contributed by atoms with Gasteiger partial charge in [-0.15, -0.1) is 0 Å². The van der Waals surface area contributed by atoms with Crippen LogP contribution < -0.4 is 0 Å². The van der Waals surface area contributed by atoms with Crippen molar-refractivity contribution >= 4 is 82.4 Å². The third-order valence-electron chi connectivity index (χ3n) is 13.0. The lowest BCUT2D eigenvalue weighted by Gasteiger charge is -2.16. The van der Waals surface area contributed by atoms with Gasteiger partial charge in [0.1, 0.15) is 0 Å². The summed E-state index contributed by atoms with van der Waals surface area (Å²) < 4.78 is 9.91. The molecule has 0 fully saturated rings. The Hall–Kier alpha value is -7.56. The van der Waals surface area contributed by atoms with E-state index in [9.17, 15) is 0 Å². The predicted octanol–water partition coefficient (Wildman–Crippen LogP) is 14.4. The van der Waals surface area contributed by atoms with Gasteiger partial charge in [0.05, 0.1) is 44.3 Å². The summed E-state index contributed by atoms with van der Waals surface area (Å²) in [6.07, 6.45) is 5.74. The lowest BCUT2D eigenvalue weighted by atomic mass is 9.90. The Balaban J connectivity index is 1.08. The van der Waals surface area contributed by atoms with Gasteiger partial charge in [-0.1, -0.05) is 122 Å². The van der Waals surface area contributed by atoms with Gasteiger partial charge in [0, 0.05) is 60.5 Å². The summed E-state index contributed by atoms with van der Waals surface area (Å²) in [6, 6.07) is 66.9. The van der Waals surface area contributed by atoms with E-state index in [0.717, 1.165) is 23.5 Å². The Labute approximate surface area is 340 Å². The van der Waals surface area contributed by atoms with E-state index in [1.807, 2.05) is 0 Å². The normalized spacial score (nSPS) is 14.2. The molecule has 1 unspecified atom stereocenters. The summed E-state index contributed by atoms with van der Waals surface area (Å²) in [5.41, 5.74) is 15.9. The van der Waals surface area contributed by atoms with Crippen LogP contribution in [0.25, 0.3) is 105 Å². The van der Waals surface area contributed by atoms with Crippen LogP contribution in [0.4, 0.5) is 0 Å². The summed E-state index contributed by atoms with van der Waals surface area (Å²) >= 11 is 0. The van der Waals surface area contributed by atoms with Gasteiger partial charge in [0.15, 0.2) is 0 Å². The van der Waals surface area contributed by atoms with Gasteiger partial charge in [-0.3, -0.25) is 0 Å². The molecule has 0 saturated heterocycles. The maximum Gasteiger partial charge on any atom is 0.0788 e. The topological polar surface area (TPSA) is 19.7 Å². The molecular weight excluding hydrogens is 717 g/mol. The van der Waals surface area contributed by atoms with E-state index in [2.05, 4.69) is 219 Å². The molecule has 13 rings (SSSR count). The first-order valence-electron chi connectivity index (χ1n) is 20.7. The summed E-state index contributed by atoms with van der Waals surface area (Å²) in [7, 11) is 0. The van der Waals surface area contributed by atoms with E-state index >= 15 is 0 Å². The molecular formula is C55H38N4. The Morgan fingerprint density at radius 3 is 1.41 bits per heavy atom. The van der Waals surface area contributed by atoms with Crippen LogP contribution in [0, 0.1) is 0 Å². The first-order chi connectivity index (χ1) is 29.2. The molecule has 1 aliphatic rings. The molecule has 8 aromatic carbocycles. The zero-order valence-corrected chi connectivity index (χ0v) is 32.5. The molecule has 0 saturated carbocycles. The number of hydrogen-bond acceptors (Lipinski definition) is 0. The van der Waals surface area contributed by atoms with Crippen LogP contribution in [-0.2, 0) is 0 Å². The second-order valence-corrected chi connectivity index (χ2v) is 16.1. The summed E-state index contributed by atoms with van der Waals surface area (Å²) in [4.78, 5) is 0. The van der Waals surface area contributed by atoms with Crippen molar-refractivity contribution in [2.45, 2.75) is 19.3 Å². The summed E-state index contributed by atoms with van der Waals surface area (Å²) in [6.45, 7) is 2.37. The van der Waals surface area contributed by atoms with Crippen LogP contribution in [0.2, 0.25) is 0 Å². The average Bonchev–Trinajstić information content (AvgIpc) is 4.02. The number of allylic oxidation sites excluding steroid dienone is 1. The molecule has 0 radical (unpaired) electrons. The van der Waals surface area contributed by atoms with Crippen molar-refractivity contribution in [3.8, 4) is 22.7 Å². The van der Waals surface area contributed by atoms with Crippen molar-refractivity contribution in [2.75, 3.05) is 0 Å². The van der Waals surface area contributed by atoms with Gasteiger partial charge in [-0.2, -0.15) is 0 Å². The Kier molecular flexibility index (Phi) is 6.74. The first-order valence-corrected chi connectivity index (χ1v) is 20.7. The van der Waals surface area contributed by atoms with Gasteiger partial charge in [-0.25, -0.2) is 0 Å². The highest BCUT2D eigenvalue weighted by Crippen LogP contribution is 2.46. The smallest absolute Gasteiger partial charge is 0.0788 e. The second-order valence-electron chi connectivity index (χ2n) is 16.1. The fourth-order valence-electron chi connectivity index (χ4n) is 10.5. The van der Waals surface area contributed by atoms with E-state index in [0.29, 0.717) is 5.92 Å². The molecule has 0 spiro atoms. The summed E-state index contributed by atoms with van der Waals surface area (Å²) in [5, 5.41) is 8.90. The van der Waals surface area contributed by atoms with E-state index in [4.69, 9.17) is 0 Å². The zero-order chi connectivity index (χ0) is 38.8. The average molecular weight is 755 g/mol. The highest BCUT2D eigenvalue weighted by Gasteiger charge is 2.27. The van der Waals surface area contributed by atoms with Crippen molar-refractivity contribution in [3.05, 3.63) is 199 Å². The maximum atomic E-state index is 2.51. The lowest BCUT2D eigenvalue weighted by molar-refractivity contribution is 0.773. The Morgan fingerprint density at radius 1 is 0.356 bits per heavy atom. The van der Waals surface area contributed by atoms with Crippen LogP contribution in [-0.4, -0.2) is 18.3 Å². The molecule has 59 heavy (non-hydrogen) atoms. The number of aromatic nitrogens is 4. The Bertz CT molecular complexity index is 3690. The minimum Gasteiger partial charge on any atom is -0.309 e. The predicted molar refractivity (Wildman–Crippen MR) is 248 cm³/mol. The zero-order valence-electron chi connectivity index (χ0n) is 32.5. The largest absolute Gasteiger partial charge is 0.309 e. The molecule has 0 aliphatic heterocycles. The van der Waals surface area contributed by atoms with Crippen molar-refractivity contribution < 1.29 is 0 Å². The molecule has 0 N–H and O–H groups in total. The number of para-hydroxylation sites is 5. The van der Waals surface area contributed by atoms with Gasteiger partial charge in [-0.05, 0) is 96.8 Å².